The molecule has 8 nitrogen and oxygen atoms in total. The molecule has 3 fully saturated rings. The number of carbonyl (C=O) groups is 3. The number of hydrogen-bond acceptors (Lipinski definition) is 5. The molecule has 13 heteroatoms. The largest absolute Gasteiger partial charge is 0.481 e. The molecule has 0 spiro atoms. The van der Waals surface area contributed by atoms with Gasteiger partial charge in [0, 0.05) is 18.9 Å². The van der Waals surface area contributed by atoms with Crippen LogP contribution in [-0.2, 0) is 11.0 Å². The van der Waals surface area contributed by atoms with Crippen LogP contribution in [0.3, 0.4) is 0 Å². The van der Waals surface area contributed by atoms with Crippen molar-refractivity contribution in [3.63, 3.8) is 0 Å². The second-order valence-electron chi connectivity index (χ2n) is 12.2. The summed E-state index contributed by atoms with van der Waals surface area (Å²) < 4.78 is 44.6. The number of carboxylic acid groups (broad SMARTS) is 1. The molecule has 1 saturated heterocycles. The molecule has 0 unspecified atom stereocenters. The van der Waals surface area contributed by atoms with Gasteiger partial charge in [0.05, 0.1) is 44.9 Å². The van der Waals surface area contributed by atoms with Crippen LogP contribution < -0.4 is 0 Å². The molecule has 0 aromatic carbocycles. The van der Waals surface area contributed by atoms with Gasteiger partial charge in [-0.2, -0.15) is 18.3 Å². The highest BCUT2D eigenvalue weighted by atomic mass is 35.5. The highest BCUT2D eigenvalue weighted by molar-refractivity contribution is 6.40. The fourth-order valence-electron chi connectivity index (χ4n) is 7.03. The van der Waals surface area contributed by atoms with Gasteiger partial charge in [-0.3, -0.25) is 24.0 Å². The lowest BCUT2D eigenvalue weighted by atomic mass is 9.74. The monoisotopic (exact) mass is 628 g/mol. The Bertz CT molecular complexity index is 1350. The van der Waals surface area contributed by atoms with Crippen LogP contribution in [0.4, 0.5) is 13.2 Å². The van der Waals surface area contributed by atoms with Crippen molar-refractivity contribution in [2.45, 2.75) is 89.4 Å². The molecule has 5 rings (SSSR count). The molecule has 1 amide bonds. The third kappa shape index (κ3) is 5.78. The predicted molar refractivity (Wildman–Crippen MR) is 149 cm³/mol. The first-order chi connectivity index (χ1) is 19.8. The van der Waals surface area contributed by atoms with Gasteiger partial charge >= 0.3 is 12.1 Å². The highest BCUT2D eigenvalue weighted by Crippen LogP contribution is 2.45. The summed E-state index contributed by atoms with van der Waals surface area (Å²) in [5.74, 6) is -2.23. The van der Waals surface area contributed by atoms with E-state index in [1.807, 2.05) is 0 Å². The number of nitrogens with zero attached hydrogens (tertiary/aromatic N) is 4. The summed E-state index contributed by atoms with van der Waals surface area (Å²) in [7, 11) is 0. The van der Waals surface area contributed by atoms with Crippen LogP contribution in [0, 0.1) is 17.3 Å². The minimum atomic E-state index is -4.91. The van der Waals surface area contributed by atoms with Crippen LogP contribution in [-0.4, -0.2) is 55.0 Å². The number of alkyl halides is 3. The molecule has 3 aliphatic rings. The van der Waals surface area contributed by atoms with Gasteiger partial charge in [0.1, 0.15) is 0 Å². The van der Waals surface area contributed by atoms with Crippen molar-refractivity contribution in [2.75, 3.05) is 6.54 Å². The lowest BCUT2D eigenvalue weighted by Gasteiger charge is -2.34. The van der Waals surface area contributed by atoms with E-state index < -0.39 is 52.6 Å². The number of hydrogen-bond donors (Lipinski definition) is 1. The molecule has 2 aliphatic carbocycles. The van der Waals surface area contributed by atoms with Crippen molar-refractivity contribution in [3.05, 3.63) is 45.5 Å². The van der Waals surface area contributed by atoms with Crippen molar-refractivity contribution in [2.24, 2.45) is 17.3 Å². The van der Waals surface area contributed by atoms with E-state index in [-0.39, 0.29) is 59.7 Å². The number of carboxylic acids is 1. The Kier molecular flexibility index (Phi) is 8.64. The molecule has 1 N–H and O–H groups in total. The molecule has 1 aliphatic heterocycles. The van der Waals surface area contributed by atoms with Crippen LogP contribution >= 0.6 is 23.2 Å². The topological polar surface area (TPSA) is 105 Å². The fourth-order valence-corrected chi connectivity index (χ4v) is 7.58. The number of aliphatic carboxylic acids is 1. The number of amides is 1. The maximum atomic E-state index is 14.6. The Morgan fingerprint density at radius 2 is 1.60 bits per heavy atom. The minimum Gasteiger partial charge on any atom is -0.481 e. The summed E-state index contributed by atoms with van der Waals surface area (Å²) >= 11 is 12.6. The van der Waals surface area contributed by atoms with E-state index in [9.17, 15) is 32.7 Å². The maximum absolute atomic E-state index is 14.6. The molecule has 228 valence electrons. The van der Waals surface area contributed by atoms with Crippen LogP contribution in [0.5, 0.6) is 0 Å². The Balaban J connectivity index is 1.49. The Labute approximate surface area is 251 Å². The second-order valence-corrected chi connectivity index (χ2v) is 13.0. The molecule has 0 bridgehead atoms. The quantitative estimate of drug-likeness (QED) is 0.342. The predicted octanol–water partition coefficient (Wildman–Crippen LogP) is 7.10. The van der Waals surface area contributed by atoms with E-state index in [4.69, 9.17) is 23.2 Å². The summed E-state index contributed by atoms with van der Waals surface area (Å²) in [6, 6.07) is -1.76. The molecule has 0 radical (unpaired) electrons. The smallest absolute Gasteiger partial charge is 0.433 e. The minimum absolute atomic E-state index is 0.00384. The first-order valence-corrected chi connectivity index (χ1v) is 15.1. The first-order valence-electron chi connectivity index (χ1n) is 14.3. The van der Waals surface area contributed by atoms with Crippen LogP contribution in [0.15, 0.2) is 18.6 Å². The standard InChI is InChI=1S/C29H33Cl2F3N4O4/c1-28(27(41)42)9-7-18(8-10-28)38-25(29(32,33)34)19(12-36-38)26(40)37-15-17(16-5-3-2-4-6-16)11-22(37)24(39)23-20(30)13-35-14-21(23)31/h12-14,16-18,22H,2-11,15H2,1H3,(H,41,42)/t17-,18?,22+,28?/m1/s1. The summed E-state index contributed by atoms with van der Waals surface area (Å²) in [4.78, 5) is 44.6. The van der Waals surface area contributed by atoms with Gasteiger partial charge in [-0.1, -0.05) is 55.3 Å². The SMILES string of the molecule is CC1(C(=O)O)CCC(n2ncc(C(=O)N3C[C@H](C4CCCCC4)C[C@H]3C(=O)c3c(Cl)cncc3Cl)c2C(F)(F)F)CC1. The summed E-state index contributed by atoms with van der Waals surface area (Å²) in [6.45, 7) is 1.73. The zero-order chi connectivity index (χ0) is 30.4. The van der Waals surface area contributed by atoms with Crippen molar-refractivity contribution in [1.29, 1.82) is 0 Å². The number of likely N-dealkylation sites (tertiary alicyclic amines) is 1. The third-order valence-corrected chi connectivity index (χ3v) is 10.1. The number of pyridine rings is 1. The van der Waals surface area contributed by atoms with E-state index in [2.05, 4.69) is 10.1 Å². The molecular formula is C29H33Cl2F3N4O4. The zero-order valence-corrected chi connectivity index (χ0v) is 24.7. The number of rotatable bonds is 6. The van der Waals surface area contributed by atoms with Crippen LogP contribution in [0.1, 0.15) is 104 Å². The van der Waals surface area contributed by atoms with Gasteiger partial charge in [0.25, 0.3) is 5.91 Å². The number of ketones is 1. The van der Waals surface area contributed by atoms with Crippen LogP contribution in [0.25, 0.3) is 0 Å². The van der Waals surface area contributed by atoms with Crippen molar-refractivity contribution < 1.29 is 32.7 Å². The van der Waals surface area contributed by atoms with Crippen molar-refractivity contribution >= 4 is 40.9 Å². The average Bonchev–Trinajstić information content (AvgIpc) is 3.59. The van der Waals surface area contributed by atoms with E-state index in [1.54, 1.807) is 6.92 Å². The Hall–Kier alpha value is -2.66. The van der Waals surface area contributed by atoms with Gasteiger partial charge in [-0.25, -0.2) is 0 Å². The average molecular weight is 630 g/mol. The molecule has 2 saturated carbocycles. The number of carbonyl (C=O) groups excluding carboxylic acids is 2. The maximum Gasteiger partial charge on any atom is 0.433 e. The lowest BCUT2D eigenvalue weighted by molar-refractivity contribution is -0.152. The molecule has 3 heterocycles. The fraction of sp³-hybridized carbons (Fsp3) is 0.621. The van der Waals surface area contributed by atoms with E-state index in [1.165, 1.54) is 17.3 Å². The molecule has 2 aromatic rings. The molecular weight excluding hydrogens is 596 g/mol. The summed E-state index contributed by atoms with van der Waals surface area (Å²) in [5.41, 5.74) is -2.82. The molecule has 42 heavy (non-hydrogen) atoms. The molecule has 2 aromatic heterocycles. The second kappa shape index (κ2) is 11.8. The normalized spacial score (nSPS) is 27.3. The van der Waals surface area contributed by atoms with Gasteiger partial charge < -0.3 is 10.0 Å². The third-order valence-electron chi connectivity index (χ3n) is 9.53. The number of halogens is 5. The van der Waals surface area contributed by atoms with Crippen molar-refractivity contribution in [1.82, 2.24) is 19.7 Å². The number of aromatic nitrogens is 3. The van der Waals surface area contributed by atoms with E-state index in [0.717, 1.165) is 43.0 Å². The van der Waals surface area contributed by atoms with E-state index >= 15 is 0 Å². The van der Waals surface area contributed by atoms with Gasteiger partial charge in [-0.05, 0) is 50.9 Å². The first kappa shape index (κ1) is 30.8. The summed E-state index contributed by atoms with van der Waals surface area (Å²) in [6.07, 6.45) is 4.63. The molecule has 2 atom stereocenters. The lowest BCUT2D eigenvalue weighted by Crippen LogP contribution is -2.41. The van der Waals surface area contributed by atoms with Gasteiger partial charge in [-0.15, -0.1) is 0 Å². The van der Waals surface area contributed by atoms with Crippen molar-refractivity contribution in [3.8, 4) is 0 Å². The Morgan fingerprint density at radius 3 is 2.17 bits per heavy atom. The van der Waals surface area contributed by atoms with Crippen LogP contribution in [0.2, 0.25) is 10.0 Å². The van der Waals surface area contributed by atoms with Gasteiger partial charge in [0.15, 0.2) is 11.5 Å². The highest BCUT2D eigenvalue weighted by Gasteiger charge is 2.48. The Morgan fingerprint density at radius 1 is 0.976 bits per heavy atom. The summed E-state index contributed by atoms with van der Waals surface area (Å²) in [5, 5.41) is 13.6. The number of Topliss-reactive ketones (excluding diaryl/α,β-unsaturated/α-hetero) is 1. The zero-order valence-electron chi connectivity index (χ0n) is 23.2. The van der Waals surface area contributed by atoms with E-state index in [0.29, 0.717) is 6.42 Å². The van der Waals surface area contributed by atoms with Gasteiger partial charge in [0.2, 0.25) is 0 Å².